The number of halogens is 4. The van der Waals surface area contributed by atoms with E-state index in [1.165, 1.54) is 0 Å². The fourth-order valence-corrected chi connectivity index (χ4v) is 1.76. The molecule has 0 fully saturated rings. The van der Waals surface area contributed by atoms with E-state index in [4.69, 9.17) is 0 Å². The SMILES string of the molecule is O=S(=O)([O-])[N+]1(F)C=CC=CC1C(F)(F)F. The maximum absolute atomic E-state index is 13.4. The molecule has 0 spiro atoms. The molecule has 1 rings (SSSR count). The number of nitrogens with zero attached hydrogens (tertiary/aromatic N) is 1. The highest BCUT2D eigenvalue weighted by Crippen LogP contribution is 2.36. The summed E-state index contributed by atoms with van der Waals surface area (Å²) >= 11 is 0. The topological polar surface area (TPSA) is 57.2 Å². The van der Waals surface area contributed by atoms with Gasteiger partial charge in [0.2, 0.25) is 0 Å². The van der Waals surface area contributed by atoms with Gasteiger partial charge in [0.25, 0.3) is 16.3 Å². The first-order valence-corrected chi connectivity index (χ1v) is 4.92. The van der Waals surface area contributed by atoms with Gasteiger partial charge >= 0.3 is 6.18 Å². The molecule has 0 aromatic rings. The lowest BCUT2D eigenvalue weighted by Crippen LogP contribution is -2.55. The van der Waals surface area contributed by atoms with E-state index in [0.29, 0.717) is 0 Å². The molecule has 0 bridgehead atoms. The van der Waals surface area contributed by atoms with Gasteiger partial charge in [-0.15, -0.1) is 0 Å². The van der Waals surface area contributed by atoms with Crippen molar-refractivity contribution in [3.8, 4) is 0 Å². The molecule has 0 saturated heterocycles. The number of hydrogen-bond acceptors (Lipinski definition) is 3. The zero-order valence-electron chi connectivity index (χ0n) is 6.98. The normalized spacial score (nSPS) is 31.9. The van der Waals surface area contributed by atoms with Crippen molar-refractivity contribution < 1.29 is 34.7 Å². The van der Waals surface area contributed by atoms with E-state index in [1.807, 2.05) is 0 Å². The number of allylic oxidation sites excluding steroid dienone is 2. The van der Waals surface area contributed by atoms with Gasteiger partial charge in [-0.2, -0.15) is 21.6 Å². The van der Waals surface area contributed by atoms with Crippen molar-refractivity contribution >= 4 is 10.3 Å². The summed E-state index contributed by atoms with van der Waals surface area (Å²) in [7, 11) is -5.79. The summed E-state index contributed by atoms with van der Waals surface area (Å²) in [5.41, 5.74) is 0. The quantitative estimate of drug-likeness (QED) is 0.397. The fourth-order valence-electron chi connectivity index (χ4n) is 1.07. The summed E-state index contributed by atoms with van der Waals surface area (Å²) in [5, 5.41) is 0. The van der Waals surface area contributed by atoms with Crippen LogP contribution in [0.15, 0.2) is 24.4 Å². The van der Waals surface area contributed by atoms with Crippen molar-refractivity contribution in [2.24, 2.45) is 0 Å². The predicted octanol–water partition coefficient (Wildman–Crippen LogP) is 1.16. The Balaban J connectivity index is 3.29. The molecule has 0 N–H and O–H groups in total. The van der Waals surface area contributed by atoms with Gasteiger partial charge in [-0.25, -0.2) is 0 Å². The molecule has 0 saturated carbocycles. The number of alkyl halides is 3. The van der Waals surface area contributed by atoms with Crippen molar-refractivity contribution in [2.75, 3.05) is 0 Å². The van der Waals surface area contributed by atoms with Crippen LogP contribution in [0.3, 0.4) is 0 Å². The van der Waals surface area contributed by atoms with Crippen LogP contribution in [0.4, 0.5) is 17.7 Å². The van der Waals surface area contributed by atoms with Crippen LogP contribution in [0.25, 0.3) is 0 Å². The summed E-state index contributed by atoms with van der Waals surface area (Å²) in [6.07, 6.45) is -3.31. The molecule has 0 amide bonds. The molecule has 2 unspecified atom stereocenters. The van der Waals surface area contributed by atoms with E-state index in [1.54, 1.807) is 0 Å². The predicted molar refractivity (Wildman–Crippen MR) is 39.2 cm³/mol. The number of quaternary nitrogens is 1. The molecule has 2 atom stereocenters. The molecule has 1 heterocycles. The highest BCUT2D eigenvalue weighted by atomic mass is 32.2. The minimum atomic E-state index is -5.79. The maximum Gasteiger partial charge on any atom is 0.450 e. The first kappa shape index (κ1) is 12.1. The third-order valence-corrected chi connectivity index (χ3v) is 2.79. The Labute approximate surface area is 82.5 Å². The Morgan fingerprint density at radius 1 is 1.27 bits per heavy atom. The standard InChI is InChI=1S/C6H5F4NO3S/c7-6(8,9)5-3-1-2-4-11(5,10)15(12,13)14/h1-5H. The average Bonchev–Trinajstić information content (AvgIpc) is 2.00. The molecule has 1 aliphatic heterocycles. The lowest BCUT2D eigenvalue weighted by atomic mass is 10.2. The lowest BCUT2D eigenvalue weighted by molar-refractivity contribution is -0.935. The van der Waals surface area contributed by atoms with Crippen molar-refractivity contribution in [1.29, 1.82) is 0 Å². The van der Waals surface area contributed by atoms with Crippen LogP contribution in [0, 0.1) is 0 Å². The molecule has 15 heavy (non-hydrogen) atoms. The summed E-state index contributed by atoms with van der Waals surface area (Å²) in [6, 6.07) is -3.02. The molecule has 0 aliphatic carbocycles. The first-order chi connectivity index (χ1) is 6.59. The van der Waals surface area contributed by atoms with E-state index >= 15 is 0 Å². The minimum Gasteiger partial charge on any atom is -0.699 e. The largest absolute Gasteiger partial charge is 0.699 e. The molecular formula is C6H5F4NO3S. The highest BCUT2D eigenvalue weighted by Gasteiger charge is 2.59. The van der Waals surface area contributed by atoms with Gasteiger partial charge in [-0.05, 0) is 12.2 Å². The monoisotopic (exact) mass is 247 g/mol. The first-order valence-electron chi connectivity index (χ1n) is 3.56. The molecular weight excluding hydrogens is 242 g/mol. The maximum atomic E-state index is 13.4. The molecule has 0 aromatic heterocycles. The Kier molecular flexibility index (Phi) is 2.66. The third kappa shape index (κ3) is 2.03. The zero-order chi connectivity index (χ0) is 11.9. The Morgan fingerprint density at radius 2 is 1.80 bits per heavy atom. The van der Waals surface area contributed by atoms with Gasteiger partial charge < -0.3 is 4.55 Å². The van der Waals surface area contributed by atoms with E-state index in [2.05, 4.69) is 0 Å². The lowest BCUT2D eigenvalue weighted by Gasteiger charge is -2.31. The van der Waals surface area contributed by atoms with Crippen molar-refractivity contribution in [1.82, 2.24) is 0 Å². The van der Waals surface area contributed by atoms with Crippen molar-refractivity contribution in [3.63, 3.8) is 0 Å². The van der Waals surface area contributed by atoms with Crippen LogP contribution in [0.5, 0.6) is 0 Å². The van der Waals surface area contributed by atoms with Crippen LogP contribution in [-0.2, 0) is 10.3 Å². The second-order valence-electron chi connectivity index (χ2n) is 2.76. The van der Waals surface area contributed by atoms with E-state index in [0.717, 1.165) is 12.2 Å². The Morgan fingerprint density at radius 3 is 2.13 bits per heavy atom. The van der Waals surface area contributed by atoms with Crippen LogP contribution < -0.4 is 0 Å². The molecule has 0 radical (unpaired) electrons. The van der Waals surface area contributed by atoms with Gasteiger partial charge in [0, 0.05) is 8.59 Å². The summed E-state index contributed by atoms with van der Waals surface area (Å²) in [6.45, 7) is 0. The van der Waals surface area contributed by atoms with Crippen molar-refractivity contribution in [2.45, 2.75) is 12.2 Å². The molecule has 4 nitrogen and oxygen atoms in total. The number of hydrogen-bond donors (Lipinski definition) is 0. The summed E-state index contributed by atoms with van der Waals surface area (Å²) in [4.78, 5) is 0. The zero-order valence-corrected chi connectivity index (χ0v) is 7.80. The van der Waals surface area contributed by atoms with Gasteiger partial charge in [0.05, 0.1) is 0 Å². The third-order valence-electron chi connectivity index (χ3n) is 1.75. The molecule has 86 valence electrons. The average molecular weight is 247 g/mol. The molecule has 9 heteroatoms. The van der Waals surface area contributed by atoms with E-state index < -0.39 is 26.6 Å². The molecule has 0 aromatic carbocycles. The van der Waals surface area contributed by atoms with Crippen molar-refractivity contribution in [3.05, 3.63) is 24.4 Å². The van der Waals surface area contributed by atoms with Crippen LogP contribution in [0.1, 0.15) is 0 Å². The fraction of sp³-hybridized carbons (Fsp3) is 0.333. The van der Waals surface area contributed by atoms with Gasteiger partial charge in [-0.1, -0.05) is 6.08 Å². The van der Waals surface area contributed by atoms with Gasteiger partial charge in [-0.3, -0.25) is 0 Å². The van der Waals surface area contributed by atoms with Gasteiger partial charge in [0.1, 0.15) is 0 Å². The molecule has 1 aliphatic rings. The van der Waals surface area contributed by atoms with Crippen LogP contribution in [0.2, 0.25) is 0 Å². The Hall–Kier alpha value is -0.930. The highest BCUT2D eigenvalue weighted by molar-refractivity contribution is 7.79. The summed E-state index contributed by atoms with van der Waals surface area (Å²) < 4.78 is 78.1. The minimum absolute atomic E-state index is 0.0422. The van der Waals surface area contributed by atoms with E-state index in [9.17, 15) is 30.6 Å². The summed E-state index contributed by atoms with van der Waals surface area (Å²) in [5.74, 6) is 0. The second kappa shape index (κ2) is 3.29. The smallest absolute Gasteiger partial charge is 0.450 e. The Bertz CT molecular complexity index is 413. The van der Waals surface area contributed by atoms with Gasteiger partial charge in [0.15, 0.2) is 6.20 Å². The number of rotatable bonds is 1. The second-order valence-corrected chi connectivity index (χ2v) is 4.18. The van der Waals surface area contributed by atoms with Crippen LogP contribution >= 0.6 is 0 Å². The van der Waals surface area contributed by atoms with E-state index in [-0.39, 0.29) is 12.3 Å². The van der Waals surface area contributed by atoms with Crippen LogP contribution in [-0.4, -0.2) is 29.3 Å².